The van der Waals surface area contributed by atoms with Crippen LogP contribution in [0.15, 0.2) is 16.7 Å². The average Bonchev–Trinajstić information content (AvgIpc) is 3.21. The number of amides is 1. The standard InChI is InChI=1S/C16H19BrF3N5O/c1-23(9-11-5-7-24(2)21-11)12(26)6-8-25-14(10-3-4-10)13(17)15(22-25)16(18,19)20/h5,7,10H,3-4,6,8-9H2,1-2H3. The van der Waals surface area contributed by atoms with Gasteiger partial charge in [-0.1, -0.05) is 0 Å². The van der Waals surface area contributed by atoms with Gasteiger partial charge in [0.05, 0.1) is 29.0 Å². The number of rotatable bonds is 6. The molecule has 1 aliphatic carbocycles. The molecule has 0 saturated heterocycles. The zero-order chi connectivity index (χ0) is 19.1. The fraction of sp³-hybridized carbons (Fsp3) is 0.562. The molecule has 0 unspecified atom stereocenters. The third-order valence-corrected chi connectivity index (χ3v) is 5.08. The van der Waals surface area contributed by atoms with Crippen LogP contribution in [0.5, 0.6) is 0 Å². The summed E-state index contributed by atoms with van der Waals surface area (Å²) in [7, 11) is 3.44. The molecular formula is C16H19BrF3N5O. The third kappa shape index (κ3) is 4.11. The van der Waals surface area contributed by atoms with E-state index in [1.807, 2.05) is 6.07 Å². The molecule has 2 aromatic heterocycles. The maximum atomic E-state index is 13.1. The van der Waals surface area contributed by atoms with E-state index in [0.717, 1.165) is 18.5 Å². The Morgan fingerprint density at radius 2 is 2.08 bits per heavy atom. The molecule has 26 heavy (non-hydrogen) atoms. The zero-order valence-electron chi connectivity index (χ0n) is 14.4. The molecule has 0 spiro atoms. The van der Waals surface area contributed by atoms with Crippen LogP contribution in [-0.4, -0.2) is 37.4 Å². The van der Waals surface area contributed by atoms with Crippen molar-refractivity contribution >= 4 is 21.8 Å². The summed E-state index contributed by atoms with van der Waals surface area (Å²) in [6.07, 6.45) is -0.971. The molecule has 0 atom stereocenters. The van der Waals surface area contributed by atoms with Gasteiger partial charge in [0.25, 0.3) is 0 Å². The number of halogens is 4. The van der Waals surface area contributed by atoms with Crippen LogP contribution in [0.4, 0.5) is 13.2 Å². The van der Waals surface area contributed by atoms with Gasteiger partial charge in [-0.15, -0.1) is 0 Å². The number of carbonyl (C=O) groups excluding carboxylic acids is 1. The highest BCUT2D eigenvalue weighted by Gasteiger charge is 2.41. The number of aromatic nitrogens is 4. The number of aryl methyl sites for hydroxylation is 2. The molecule has 142 valence electrons. The normalized spacial score (nSPS) is 14.7. The molecule has 0 N–H and O–H groups in total. The summed E-state index contributed by atoms with van der Waals surface area (Å²) in [5.41, 5.74) is 0.370. The summed E-state index contributed by atoms with van der Waals surface area (Å²) in [6.45, 7) is 0.470. The van der Waals surface area contributed by atoms with E-state index in [-0.39, 0.29) is 29.3 Å². The molecule has 3 rings (SSSR count). The predicted octanol–water partition coefficient (Wildman–Crippen LogP) is 3.32. The molecule has 10 heteroatoms. The first-order valence-corrected chi connectivity index (χ1v) is 9.02. The molecule has 6 nitrogen and oxygen atoms in total. The minimum absolute atomic E-state index is 0.00166. The molecule has 1 saturated carbocycles. The van der Waals surface area contributed by atoms with Gasteiger partial charge in [0.2, 0.25) is 5.91 Å². The van der Waals surface area contributed by atoms with E-state index in [1.165, 1.54) is 9.58 Å². The topological polar surface area (TPSA) is 56.0 Å². The second-order valence-corrected chi connectivity index (χ2v) is 7.32. The third-order valence-electron chi connectivity index (χ3n) is 4.30. The van der Waals surface area contributed by atoms with Crippen LogP contribution in [0, 0.1) is 0 Å². The first kappa shape index (κ1) is 18.9. The Bertz CT molecular complexity index is 809. The summed E-state index contributed by atoms with van der Waals surface area (Å²) >= 11 is 3.05. The first-order chi connectivity index (χ1) is 12.2. The van der Waals surface area contributed by atoms with Crippen LogP contribution < -0.4 is 0 Å². The maximum Gasteiger partial charge on any atom is 0.436 e. The van der Waals surface area contributed by atoms with Crippen molar-refractivity contribution in [3.05, 3.63) is 33.8 Å². The van der Waals surface area contributed by atoms with E-state index in [9.17, 15) is 18.0 Å². The van der Waals surface area contributed by atoms with Gasteiger partial charge in [0, 0.05) is 32.6 Å². The Morgan fingerprint density at radius 1 is 1.38 bits per heavy atom. The highest BCUT2D eigenvalue weighted by molar-refractivity contribution is 9.10. The molecule has 1 amide bonds. The fourth-order valence-electron chi connectivity index (χ4n) is 2.82. The van der Waals surface area contributed by atoms with E-state index in [0.29, 0.717) is 12.2 Å². The van der Waals surface area contributed by atoms with Crippen LogP contribution in [-0.2, 0) is 31.1 Å². The SMILES string of the molecule is CN(Cc1ccn(C)n1)C(=O)CCn1nc(C(F)(F)F)c(Br)c1C1CC1. The van der Waals surface area contributed by atoms with Crippen molar-refractivity contribution in [2.75, 3.05) is 7.05 Å². The molecule has 0 aromatic carbocycles. The number of alkyl halides is 3. The van der Waals surface area contributed by atoms with Gasteiger partial charge >= 0.3 is 6.18 Å². The Morgan fingerprint density at radius 3 is 2.62 bits per heavy atom. The number of hydrogen-bond donors (Lipinski definition) is 0. The van der Waals surface area contributed by atoms with Crippen LogP contribution in [0.3, 0.4) is 0 Å². The van der Waals surface area contributed by atoms with Crippen molar-refractivity contribution in [1.82, 2.24) is 24.5 Å². The molecule has 0 aliphatic heterocycles. The number of nitrogens with zero attached hydrogens (tertiary/aromatic N) is 5. The number of hydrogen-bond acceptors (Lipinski definition) is 3. The van der Waals surface area contributed by atoms with Crippen molar-refractivity contribution in [2.45, 2.75) is 44.4 Å². The zero-order valence-corrected chi connectivity index (χ0v) is 16.0. The average molecular weight is 434 g/mol. The van der Waals surface area contributed by atoms with Gasteiger partial charge in [-0.25, -0.2) is 0 Å². The molecule has 0 radical (unpaired) electrons. The smallest absolute Gasteiger partial charge is 0.340 e. The summed E-state index contributed by atoms with van der Waals surface area (Å²) in [5, 5.41) is 7.93. The Kier molecular flexibility index (Phi) is 5.14. The molecule has 1 aliphatic rings. The van der Waals surface area contributed by atoms with Gasteiger partial charge < -0.3 is 4.90 Å². The maximum absolute atomic E-state index is 13.1. The summed E-state index contributed by atoms with van der Waals surface area (Å²) in [4.78, 5) is 13.8. The Labute approximate surface area is 157 Å². The quantitative estimate of drug-likeness (QED) is 0.701. The monoisotopic (exact) mass is 433 g/mol. The molecule has 2 heterocycles. The largest absolute Gasteiger partial charge is 0.436 e. The Hall–Kier alpha value is -1.84. The van der Waals surface area contributed by atoms with E-state index in [2.05, 4.69) is 26.1 Å². The van der Waals surface area contributed by atoms with Crippen molar-refractivity contribution in [3.8, 4) is 0 Å². The minimum Gasteiger partial charge on any atom is -0.340 e. The first-order valence-electron chi connectivity index (χ1n) is 8.22. The molecular weight excluding hydrogens is 415 g/mol. The molecule has 0 bridgehead atoms. The minimum atomic E-state index is -4.52. The summed E-state index contributed by atoms with van der Waals surface area (Å²) in [5.74, 6) is -0.0908. The van der Waals surface area contributed by atoms with E-state index < -0.39 is 11.9 Å². The van der Waals surface area contributed by atoms with Gasteiger partial charge in [-0.3, -0.25) is 14.2 Å². The second kappa shape index (κ2) is 7.05. The molecule has 2 aromatic rings. The highest BCUT2D eigenvalue weighted by Crippen LogP contribution is 2.47. The summed E-state index contributed by atoms with van der Waals surface area (Å²) < 4.78 is 42.3. The van der Waals surface area contributed by atoms with E-state index >= 15 is 0 Å². The molecule has 1 fully saturated rings. The van der Waals surface area contributed by atoms with Crippen molar-refractivity contribution in [1.29, 1.82) is 0 Å². The van der Waals surface area contributed by atoms with Gasteiger partial charge in [-0.05, 0) is 34.8 Å². The highest BCUT2D eigenvalue weighted by atomic mass is 79.9. The van der Waals surface area contributed by atoms with Crippen molar-refractivity contribution in [2.24, 2.45) is 7.05 Å². The van der Waals surface area contributed by atoms with Gasteiger partial charge in [0.1, 0.15) is 0 Å². The van der Waals surface area contributed by atoms with Gasteiger partial charge in [-0.2, -0.15) is 23.4 Å². The van der Waals surface area contributed by atoms with Crippen LogP contribution in [0.25, 0.3) is 0 Å². The predicted molar refractivity (Wildman–Crippen MR) is 91.2 cm³/mol. The van der Waals surface area contributed by atoms with E-state index in [1.54, 1.807) is 25.0 Å². The lowest BCUT2D eigenvalue weighted by atomic mass is 10.2. The second-order valence-electron chi connectivity index (χ2n) is 6.52. The van der Waals surface area contributed by atoms with Gasteiger partial charge in [0.15, 0.2) is 5.69 Å². The van der Waals surface area contributed by atoms with Crippen LogP contribution in [0.1, 0.15) is 42.3 Å². The number of carbonyl (C=O) groups is 1. The van der Waals surface area contributed by atoms with Crippen LogP contribution in [0.2, 0.25) is 0 Å². The lowest BCUT2D eigenvalue weighted by molar-refractivity contribution is -0.142. The lowest BCUT2D eigenvalue weighted by Crippen LogP contribution is -2.27. The van der Waals surface area contributed by atoms with E-state index in [4.69, 9.17) is 0 Å². The van der Waals surface area contributed by atoms with Crippen LogP contribution >= 0.6 is 15.9 Å². The van der Waals surface area contributed by atoms with Crippen molar-refractivity contribution in [3.63, 3.8) is 0 Å². The Balaban J connectivity index is 1.68. The van der Waals surface area contributed by atoms with Crippen molar-refractivity contribution < 1.29 is 18.0 Å². The summed E-state index contributed by atoms with van der Waals surface area (Å²) in [6, 6.07) is 1.81. The lowest BCUT2D eigenvalue weighted by Gasteiger charge is -2.16. The fourth-order valence-corrected chi connectivity index (χ4v) is 3.66.